The van der Waals surface area contributed by atoms with Gasteiger partial charge >= 0.3 is 5.97 Å². The highest BCUT2D eigenvalue weighted by molar-refractivity contribution is 6.30. The number of rotatable bonds is 4. The summed E-state index contributed by atoms with van der Waals surface area (Å²) in [5, 5.41) is 5.98. The summed E-state index contributed by atoms with van der Waals surface area (Å²) in [5.74, 6) is 0.156. The third kappa shape index (κ3) is 3.11. The van der Waals surface area contributed by atoms with Gasteiger partial charge in [-0.3, -0.25) is 0 Å². The molecule has 0 amide bonds. The van der Waals surface area contributed by atoms with Gasteiger partial charge in [-0.05, 0) is 43.3 Å². The molecule has 2 aromatic heterocycles. The Kier molecular flexibility index (Phi) is 4.46. The van der Waals surface area contributed by atoms with Gasteiger partial charge in [0.15, 0.2) is 11.5 Å². The van der Waals surface area contributed by atoms with Gasteiger partial charge in [0.1, 0.15) is 0 Å². The van der Waals surface area contributed by atoms with Crippen LogP contribution in [0.2, 0.25) is 5.02 Å². The van der Waals surface area contributed by atoms with Crippen molar-refractivity contribution in [3.05, 3.63) is 65.3 Å². The Morgan fingerprint density at radius 1 is 1.15 bits per heavy atom. The molecule has 4 aromatic rings. The predicted molar refractivity (Wildman–Crippen MR) is 109 cm³/mol. The molecule has 0 unspecified atom stereocenters. The number of nitrogens with one attached hydrogen (secondary N) is 1. The highest BCUT2D eigenvalue weighted by Gasteiger charge is 2.18. The zero-order valence-corrected chi connectivity index (χ0v) is 15.7. The summed E-state index contributed by atoms with van der Waals surface area (Å²) in [5.41, 5.74) is 3.09. The number of benzene rings is 2. The SMILES string of the molecule is CCOC(=O)c1cc2c3ccccc3n(C)c2c(Nc2ccc(Cl)cc2)n1. The number of hydrogen-bond acceptors (Lipinski definition) is 4. The number of fused-ring (bicyclic) bond motifs is 3. The Hall–Kier alpha value is -3.05. The number of carbonyl (C=O) groups is 1. The van der Waals surface area contributed by atoms with E-state index in [4.69, 9.17) is 16.3 Å². The van der Waals surface area contributed by atoms with Gasteiger partial charge in [0, 0.05) is 34.0 Å². The van der Waals surface area contributed by atoms with E-state index in [1.54, 1.807) is 25.1 Å². The summed E-state index contributed by atoms with van der Waals surface area (Å²) in [6.07, 6.45) is 0. The third-order valence-corrected chi connectivity index (χ3v) is 4.73. The van der Waals surface area contributed by atoms with Crippen molar-refractivity contribution in [1.82, 2.24) is 9.55 Å². The molecular formula is C21H18ClN3O2. The van der Waals surface area contributed by atoms with Gasteiger partial charge in [-0.15, -0.1) is 0 Å². The van der Waals surface area contributed by atoms with Crippen LogP contribution in [0.25, 0.3) is 21.8 Å². The number of ether oxygens (including phenoxy) is 1. The van der Waals surface area contributed by atoms with E-state index >= 15 is 0 Å². The molecule has 0 aliphatic rings. The fraction of sp³-hybridized carbons (Fsp3) is 0.143. The minimum absolute atomic E-state index is 0.275. The number of aryl methyl sites for hydroxylation is 1. The van der Waals surface area contributed by atoms with Crippen molar-refractivity contribution in [2.24, 2.45) is 7.05 Å². The summed E-state index contributed by atoms with van der Waals surface area (Å²) in [6, 6.07) is 17.2. The number of pyridine rings is 1. The van der Waals surface area contributed by atoms with Crippen LogP contribution in [-0.2, 0) is 11.8 Å². The summed E-state index contributed by atoms with van der Waals surface area (Å²) in [6.45, 7) is 2.08. The van der Waals surface area contributed by atoms with Crippen LogP contribution in [0.15, 0.2) is 54.6 Å². The molecule has 0 aliphatic carbocycles. The van der Waals surface area contributed by atoms with E-state index in [-0.39, 0.29) is 5.69 Å². The molecule has 0 radical (unpaired) electrons. The number of nitrogens with zero attached hydrogens (tertiary/aromatic N) is 2. The molecule has 0 saturated heterocycles. The van der Waals surface area contributed by atoms with Crippen molar-refractivity contribution in [3.63, 3.8) is 0 Å². The van der Waals surface area contributed by atoms with E-state index < -0.39 is 5.97 Å². The average molecular weight is 380 g/mol. The van der Waals surface area contributed by atoms with Gasteiger partial charge in [-0.2, -0.15) is 0 Å². The first-order valence-electron chi connectivity index (χ1n) is 8.66. The minimum Gasteiger partial charge on any atom is -0.461 e. The maximum Gasteiger partial charge on any atom is 0.357 e. The molecule has 6 heteroatoms. The van der Waals surface area contributed by atoms with Crippen molar-refractivity contribution in [1.29, 1.82) is 0 Å². The third-order valence-electron chi connectivity index (χ3n) is 4.48. The molecule has 2 aromatic carbocycles. The molecule has 1 N–H and O–H groups in total. The van der Waals surface area contributed by atoms with Crippen LogP contribution in [0.5, 0.6) is 0 Å². The second kappa shape index (κ2) is 6.93. The Bertz CT molecular complexity index is 1150. The number of hydrogen-bond donors (Lipinski definition) is 1. The number of esters is 1. The lowest BCUT2D eigenvalue weighted by atomic mass is 10.1. The Morgan fingerprint density at radius 2 is 1.89 bits per heavy atom. The van der Waals surface area contributed by atoms with Gasteiger partial charge in [0.05, 0.1) is 12.1 Å². The first-order chi connectivity index (χ1) is 13.1. The van der Waals surface area contributed by atoms with Gasteiger partial charge in [0.2, 0.25) is 0 Å². The highest BCUT2D eigenvalue weighted by atomic mass is 35.5. The molecule has 136 valence electrons. The number of para-hydroxylation sites is 1. The van der Waals surface area contributed by atoms with Crippen LogP contribution >= 0.6 is 11.6 Å². The molecule has 27 heavy (non-hydrogen) atoms. The maximum absolute atomic E-state index is 12.3. The molecule has 0 atom stereocenters. The maximum atomic E-state index is 12.3. The van der Waals surface area contributed by atoms with Crippen LogP contribution in [-0.4, -0.2) is 22.1 Å². The van der Waals surface area contributed by atoms with Crippen LogP contribution in [0.1, 0.15) is 17.4 Å². The average Bonchev–Trinajstić information content (AvgIpc) is 2.97. The standard InChI is InChI=1S/C21H18ClN3O2/c1-3-27-21(26)17-12-16-15-6-4-5-7-18(15)25(2)19(16)20(24-17)23-14-10-8-13(22)9-11-14/h4-12H,3H2,1-2H3,(H,23,24). The Morgan fingerprint density at radius 3 is 2.63 bits per heavy atom. The van der Waals surface area contributed by atoms with E-state index in [0.29, 0.717) is 17.4 Å². The summed E-state index contributed by atoms with van der Waals surface area (Å²) >= 11 is 5.98. The highest BCUT2D eigenvalue weighted by Crippen LogP contribution is 2.34. The first-order valence-corrected chi connectivity index (χ1v) is 9.04. The monoisotopic (exact) mass is 379 g/mol. The van der Waals surface area contributed by atoms with Gasteiger partial charge in [0.25, 0.3) is 0 Å². The molecule has 0 fully saturated rings. The summed E-state index contributed by atoms with van der Waals surface area (Å²) < 4.78 is 7.24. The van der Waals surface area contributed by atoms with E-state index in [1.807, 2.05) is 43.4 Å². The van der Waals surface area contributed by atoms with Gasteiger partial charge in [-0.1, -0.05) is 29.8 Å². The van der Waals surface area contributed by atoms with Crippen LogP contribution in [0.3, 0.4) is 0 Å². The molecule has 4 rings (SSSR count). The lowest BCUT2D eigenvalue weighted by Gasteiger charge is -2.11. The largest absolute Gasteiger partial charge is 0.461 e. The predicted octanol–water partition coefficient (Wildman–Crippen LogP) is 5.30. The van der Waals surface area contributed by atoms with Crippen LogP contribution < -0.4 is 5.32 Å². The van der Waals surface area contributed by atoms with E-state index in [9.17, 15) is 4.79 Å². The fourth-order valence-electron chi connectivity index (χ4n) is 3.26. The lowest BCUT2D eigenvalue weighted by molar-refractivity contribution is 0.0520. The fourth-order valence-corrected chi connectivity index (χ4v) is 3.39. The van der Waals surface area contributed by atoms with Crippen molar-refractivity contribution in [3.8, 4) is 0 Å². The number of aromatic nitrogens is 2. The molecule has 0 bridgehead atoms. The summed E-state index contributed by atoms with van der Waals surface area (Å²) in [4.78, 5) is 16.9. The second-order valence-electron chi connectivity index (χ2n) is 6.18. The van der Waals surface area contributed by atoms with E-state index in [0.717, 1.165) is 27.5 Å². The van der Waals surface area contributed by atoms with Crippen molar-refractivity contribution < 1.29 is 9.53 Å². The number of halogens is 1. The lowest BCUT2D eigenvalue weighted by Crippen LogP contribution is -2.09. The number of anilines is 2. The second-order valence-corrected chi connectivity index (χ2v) is 6.62. The molecule has 2 heterocycles. The van der Waals surface area contributed by atoms with Gasteiger partial charge < -0.3 is 14.6 Å². The zero-order chi connectivity index (χ0) is 19.0. The van der Waals surface area contributed by atoms with Crippen molar-refractivity contribution >= 4 is 50.9 Å². The first kappa shape index (κ1) is 17.4. The number of carbonyl (C=O) groups excluding carboxylic acids is 1. The normalized spacial score (nSPS) is 11.1. The molecule has 0 spiro atoms. The van der Waals surface area contributed by atoms with Crippen LogP contribution in [0, 0.1) is 0 Å². The van der Waals surface area contributed by atoms with Crippen molar-refractivity contribution in [2.75, 3.05) is 11.9 Å². The Labute approximate surface area is 161 Å². The molecule has 0 saturated carbocycles. The van der Waals surface area contributed by atoms with Crippen LogP contribution in [0.4, 0.5) is 11.5 Å². The molecule has 5 nitrogen and oxygen atoms in total. The summed E-state index contributed by atoms with van der Waals surface area (Å²) in [7, 11) is 1.99. The van der Waals surface area contributed by atoms with E-state index in [2.05, 4.69) is 14.9 Å². The van der Waals surface area contributed by atoms with Gasteiger partial charge in [-0.25, -0.2) is 9.78 Å². The minimum atomic E-state index is -0.438. The topological polar surface area (TPSA) is 56.1 Å². The van der Waals surface area contributed by atoms with Crippen molar-refractivity contribution in [2.45, 2.75) is 6.92 Å². The quantitative estimate of drug-likeness (QED) is 0.489. The van der Waals surface area contributed by atoms with E-state index in [1.165, 1.54) is 0 Å². The molecule has 0 aliphatic heterocycles. The Balaban J connectivity index is 1.96. The smallest absolute Gasteiger partial charge is 0.357 e. The molecular weight excluding hydrogens is 362 g/mol. The zero-order valence-electron chi connectivity index (χ0n) is 15.0.